The molecule has 2 amide bonds. The van der Waals surface area contributed by atoms with Crippen LogP contribution in [0.2, 0.25) is 5.02 Å². The number of hydrogen-bond acceptors (Lipinski definition) is 10. The molecular weight excluding hydrogens is 602 g/mol. The number of methoxy groups -OCH3 is 2. The number of imidazole rings is 1. The van der Waals surface area contributed by atoms with Crippen LogP contribution in [0.1, 0.15) is 49.5 Å². The van der Waals surface area contributed by atoms with E-state index in [9.17, 15) is 14.4 Å². The number of nitrogens with one attached hydrogen (secondary N) is 4. The van der Waals surface area contributed by atoms with E-state index in [-0.39, 0.29) is 5.91 Å². The molecule has 0 radical (unpaired) electrons. The van der Waals surface area contributed by atoms with Crippen LogP contribution in [-0.4, -0.2) is 68.4 Å². The first kappa shape index (κ1) is 31.2. The third-order valence-corrected chi connectivity index (χ3v) is 7.51. The molecule has 14 nitrogen and oxygen atoms in total. The lowest BCUT2D eigenvalue weighted by atomic mass is 10.0. The van der Waals surface area contributed by atoms with Gasteiger partial charge in [0.15, 0.2) is 0 Å². The predicted octanol–water partition coefficient (Wildman–Crippen LogP) is 4.67. The minimum atomic E-state index is -0.624. The highest BCUT2D eigenvalue weighted by molar-refractivity contribution is 6.30. The van der Waals surface area contributed by atoms with Crippen molar-refractivity contribution in [1.82, 2.24) is 35.5 Å². The van der Waals surface area contributed by atoms with Gasteiger partial charge in [0.1, 0.15) is 18.2 Å². The molecule has 0 aliphatic carbocycles. The number of anilines is 2. The predicted molar refractivity (Wildman–Crippen MR) is 167 cm³/mol. The number of rotatable bonds is 6. The van der Waals surface area contributed by atoms with Gasteiger partial charge in [-0.3, -0.25) is 10.1 Å². The van der Waals surface area contributed by atoms with Crippen LogP contribution in [0.25, 0.3) is 23.0 Å². The fraction of sp³-hybridized carbons (Fsp3) is 0.300. The summed E-state index contributed by atoms with van der Waals surface area (Å²) in [6, 6.07) is 9.37. The monoisotopic (exact) mass is 633 g/mol. The Balaban J connectivity index is 1.41. The summed E-state index contributed by atoms with van der Waals surface area (Å²) in [4.78, 5) is 45.7. The van der Waals surface area contributed by atoms with Crippen LogP contribution in [0, 0.1) is 0 Å². The molecule has 2 bridgehead atoms. The van der Waals surface area contributed by atoms with Crippen molar-refractivity contribution in [2.24, 2.45) is 0 Å². The normalized spacial score (nSPS) is 16.7. The quantitative estimate of drug-likeness (QED) is 0.172. The second-order valence-electron chi connectivity index (χ2n) is 10.3. The number of aromatic nitrogens is 6. The van der Waals surface area contributed by atoms with E-state index in [1.165, 1.54) is 31.3 Å². The number of carbonyl (C=O) groups is 3. The zero-order valence-corrected chi connectivity index (χ0v) is 25.4. The molecule has 2 aromatic heterocycles. The molecule has 0 fully saturated rings. The third-order valence-electron chi connectivity index (χ3n) is 7.27. The summed E-state index contributed by atoms with van der Waals surface area (Å²) in [5.41, 5.74) is 3.62. The largest absolute Gasteiger partial charge is 0.467 e. The lowest BCUT2D eigenvalue weighted by Crippen LogP contribution is -2.31. The molecule has 2 atom stereocenters. The van der Waals surface area contributed by atoms with Gasteiger partial charge in [-0.05, 0) is 65.7 Å². The van der Waals surface area contributed by atoms with Crippen LogP contribution in [0.4, 0.5) is 16.2 Å². The van der Waals surface area contributed by atoms with E-state index in [4.69, 9.17) is 26.1 Å². The number of nitrogens with zero attached hydrogens (tertiary/aromatic N) is 5. The van der Waals surface area contributed by atoms with Gasteiger partial charge in [-0.25, -0.2) is 14.6 Å². The van der Waals surface area contributed by atoms with E-state index >= 15 is 0 Å². The molecule has 234 valence electrons. The van der Waals surface area contributed by atoms with Gasteiger partial charge in [0.25, 0.3) is 0 Å². The number of halogens is 1. The fourth-order valence-electron chi connectivity index (χ4n) is 5.04. The molecule has 0 unspecified atom stereocenters. The van der Waals surface area contributed by atoms with Crippen molar-refractivity contribution in [2.75, 3.05) is 24.9 Å². The standard InChI is InChI=1S/C30H32ClN9O5/c1-44-29(42)23-7-5-3-4-6-22(36-27(41)13-8-18-14-19(31)9-12-26(18)40-17-33-38-39-40)28-32-16-25(37-28)21-11-10-20(15-24(21)35-23)34-30(43)45-2/h8-17,22-23,35H,3-7H2,1-2H3,(H,32,37)(H,34,43)(H,36,41)/b13-8+/t22-,23+/m0/s1. The van der Waals surface area contributed by atoms with Crippen LogP contribution < -0.4 is 16.0 Å². The van der Waals surface area contributed by atoms with Crippen molar-refractivity contribution in [3.8, 4) is 16.9 Å². The highest BCUT2D eigenvalue weighted by atomic mass is 35.5. The minimum Gasteiger partial charge on any atom is -0.467 e. The highest BCUT2D eigenvalue weighted by Crippen LogP contribution is 2.33. The van der Waals surface area contributed by atoms with E-state index in [0.29, 0.717) is 57.6 Å². The molecule has 15 heteroatoms. The van der Waals surface area contributed by atoms with Gasteiger partial charge in [0.2, 0.25) is 5.91 Å². The molecule has 3 heterocycles. The Morgan fingerprint density at radius 1 is 1.07 bits per heavy atom. The highest BCUT2D eigenvalue weighted by Gasteiger charge is 2.24. The van der Waals surface area contributed by atoms with Gasteiger partial charge in [0.05, 0.1) is 31.6 Å². The second-order valence-corrected chi connectivity index (χ2v) is 10.7. The smallest absolute Gasteiger partial charge is 0.411 e. The summed E-state index contributed by atoms with van der Waals surface area (Å²) in [6.45, 7) is 0. The number of hydrogen-bond donors (Lipinski definition) is 4. The van der Waals surface area contributed by atoms with E-state index in [0.717, 1.165) is 19.3 Å². The lowest BCUT2D eigenvalue weighted by Gasteiger charge is -2.20. The average Bonchev–Trinajstić information content (AvgIpc) is 3.75. The minimum absolute atomic E-state index is 0.323. The van der Waals surface area contributed by atoms with Gasteiger partial charge in [-0.1, -0.05) is 30.9 Å². The zero-order valence-electron chi connectivity index (χ0n) is 24.6. The lowest BCUT2D eigenvalue weighted by molar-refractivity contribution is -0.141. The SMILES string of the molecule is COC(=O)Nc1ccc2c(c1)N[C@@H](C(=O)OC)CCCCC[C@H](NC(=O)/C=C/c1cc(Cl)ccc1-n1cnnn1)c1nc-2c[nH]1. The molecule has 45 heavy (non-hydrogen) atoms. The van der Waals surface area contributed by atoms with E-state index in [1.54, 1.807) is 48.7 Å². The fourth-order valence-corrected chi connectivity index (χ4v) is 5.22. The van der Waals surface area contributed by atoms with E-state index < -0.39 is 24.1 Å². The van der Waals surface area contributed by atoms with Crippen LogP contribution in [0.3, 0.4) is 0 Å². The summed E-state index contributed by atoms with van der Waals surface area (Å²) in [5, 5.41) is 20.8. The number of benzene rings is 2. The number of amides is 2. The molecule has 0 saturated heterocycles. The number of esters is 1. The molecule has 0 saturated carbocycles. The number of H-pyrrole nitrogens is 1. The first-order valence-electron chi connectivity index (χ1n) is 14.2. The summed E-state index contributed by atoms with van der Waals surface area (Å²) in [7, 11) is 2.63. The Morgan fingerprint density at radius 3 is 2.69 bits per heavy atom. The van der Waals surface area contributed by atoms with Gasteiger partial charge in [-0.2, -0.15) is 4.68 Å². The molecule has 5 rings (SSSR count). The molecule has 4 aromatic rings. The summed E-state index contributed by atoms with van der Waals surface area (Å²) < 4.78 is 11.3. The topological polar surface area (TPSA) is 178 Å². The van der Waals surface area contributed by atoms with Crippen LogP contribution in [0.5, 0.6) is 0 Å². The van der Waals surface area contributed by atoms with Gasteiger partial charge < -0.3 is 25.1 Å². The van der Waals surface area contributed by atoms with Gasteiger partial charge in [0, 0.05) is 39.8 Å². The van der Waals surface area contributed by atoms with Crippen molar-refractivity contribution in [2.45, 2.75) is 44.2 Å². The second kappa shape index (κ2) is 14.5. The maximum absolute atomic E-state index is 13.2. The first-order valence-corrected chi connectivity index (χ1v) is 14.6. The Hall–Kier alpha value is -5.24. The van der Waals surface area contributed by atoms with Crippen LogP contribution in [-0.2, 0) is 19.1 Å². The Bertz CT molecular complexity index is 1690. The van der Waals surface area contributed by atoms with Gasteiger partial charge in [-0.15, -0.1) is 5.10 Å². The number of fused-ring (bicyclic) bond motifs is 4. The Morgan fingerprint density at radius 2 is 1.91 bits per heavy atom. The van der Waals surface area contributed by atoms with Crippen molar-refractivity contribution in [1.29, 1.82) is 0 Å². The molecule has 2 aromatic carbocycles. The van der Waals surface area contributed by atoms with E-state index in [1.807, 2.05) is 0 Å². The molecule has 1 aliphatic heterocycles. The summed E-state index contributed by atoms with van der Waals surface area (Å²) in [6.07, 6.45) is 9.11. The van der Waals surface area contributed by atoms with Crippen LogP contribution in [0.15, 0.2) is 55.0 Å². The molecule has 1 aliphatic rings. The van der Waals surface area contributed by atoms with Crippen LogP contribution >= 0.6 is 11.6 Å². The van der Waals surface area contributed by atoms with Crippen molar-refractivity contribution in [3.05, 3.63) is 71.4 Å². The summed E-state index contributed by atoms with van der Waals surface area (Å²) >= 11 is 6.22. The molecular formula is C30H32ClN9O5. The molecule has 4 N–H and O–H groups in total. The van der Waals surface area contributed by atoms with Crippen molar-refractivity contribution < 1.29 is 23.9 Å². The number of carbonyl (C=O) groups excluding carboxylic acids is 3. The van der Waals surface area contributed by atoms with Crippen molar-refractivity contribution in [3.63, 3.8) is 0 Å². The van der Waals surface area contributed by atoms with Gasteiger partial charge >= 0.3 is 12.1 Å². The Kier molecular flexibility index (Phi) is 10.0. The first-order chi connectivity index (χ1) is 21.8. The molecule has 0 spiro atoms. The third kappa shape index (κ3) is 7.84. The zero-order chi connectivity index (χ0) is 31.8. The maximum atomic E-state index is 13.2. The van der Waals surface area contributed by atoms with Crippen molar-refractivity contribution >= 4 is 47.0 Å². The maximum Gasteiger partial charge on any atom is 0.411 e. The Labute approximate surface area is 263 Å². The number of ether oxygens (including phenoxy) is 2. The van der Waals surface area contributed by atoms with E-state index in [2.05, 4.69) is 36.5 Å². The number of tetrazole rings is 1. The number of aromatic amines is 1. The average molecular weight is 634 g/mol. The summed E-state index contributed by atoms with van der Waals surface area (Å²) in [5.74, 6) is -0.142.